The Morgan fingerprint density at radius 3 is 2.21 bits per heavy atom. The molecule has 2 aromatic carbocycles. The molecule has 0 aromatic heterocycles. The molecule has 1 saturated carbocycles. The summed E-state index contributed by atoms with van der Waals surface area (Å²) < 4.78 is 117. The monoisotopic (exact) mass is 560 g/mol. The zero-order chi connectivity index (χ0) is 28.2. The van der Waals surface area contributed by atoms with E-state index >= 15 is 0 Å². The Bertz CT molecular complexity index is 1200. The van der Waals surface area contributed by atoms with Crippen LogP contribution in [0.1, 0.15) is 32.6 Å². The highest BCUT2D eigenvalue weighted by Gasteiger charge is 2.45. The van der Waals surface area contributed by atoms with E-state index in [4.69, 9.17) is 14.2 Å². The molecule has 1 aliphatic heterocycles. The van der Waals surface area contributed by atoms with Crippen molar-refractivity contribution in [1.82, 2.24) is 0 Å². The lowest BCUT2D eigenvalue weighted by Gasteiger charge is -2.38. The Balaban J connectivity index is 1.35. The zero-order valence-electron chi connectivity index (χ0n) is 20.9. The molecule has 0 amide bonds. The maximum Gasteiger partial charge on any atom is 0.400 e. The number of hydrogen-bond acceptors (Lipinski definition) is 4. The van der Waals surface area contributed by atoms with Gasteiger partial charge in [-0.2, -0.15) is 22.0 Å². The molecule has 2 aromatic rings. The molecule has 2 aliphatic rings. The van der Waals surface area contributed by atoms with Crippen molar-refractivity contribution < 1.29 is 49.7 Å². The summed E-state index contributed by atoms with van der Waals surface area (Å²) in [6.07, 6.45) is -1.52. The first-order valence-electron chi connectivity index (χ1n) is 12.5. The first kappa shape index (κ1) is 28.9. The minimum Gasteiger partial charge on any atom is -0.432 e. The molecule has 1 heterocycles. The predicted molar refractivity (Wildman–Crippen MR) is 128 cm³/mol. The second-order valence-corrected chi connectivity index (χ2v) is 9.52. The summed E-state index contributed by atoms with van der Waals surface area (Å²) in [6, 6.07) is 3.41. The molecule has 39 heavy (non-hydrogen) atoms. The summed E-state index contributed by atoms with van der Waals surface area (Å²) in [5, 5.41) is 0. The topological polar surface area (TPSA) is 36.9 Å². The highest BCUT2D eigenvalue weighted by atomic mass is 19.3. The van der Waals surface area contributed by atoms with E-state index in [0.29, 0.717) is 26.1 Å². The molecule has 212 valence electrons. The summed E-state index contributed by atoms with van der Waals surface area (Å²) in [6.45, 7) is 2.96. The molecule has 4 rings (SSSR count). The van der Waals surface area contributed by atoms with E-state index in [0.717, 1.165) is 36.4 Å². The molecule has 1 aliphatic carbocycles. The SMILES string of the molecule is CC=CC1COC(C2CCC(C(F)(F)Oc3ccc(-c4ccc(OC(F)=C(F)F)c(F)c4)c(F)c3)CC2)OC1. The number of halogens is 7. The van der Waals surface area contributed by atoms with Gasteiger partial charge in [0, 0.05) is 23.5 Å². The van der Waals surface area contributed by atoms with E-state index in [9.17, 15) is 30.7 Å². The van der Waals surface area contributed by atoms with Gasteiger partial charge in [-0.3, -0.25) is 0 Å². The van der Waals surface area contributed by atoms with Gasteiger partial charge in [0.05, 0.1) is 19.1 Å². The van der Waals surface area contributed by atoms with Gasteiger partial charge >= 0.3 is 18.2 Å². The maximum atomic E-state index is 14.9. The number of benzene rings is 2. The van der Waals surface area contributed by atoms with Crippen LogP contribution in [0, 0.1) is 29.4 Å². The molecule has 0 spiro atoms. The molecule has 0 N–H and O–H groups in total. The van der Waals surface area contributed by atoms with Crippen molar-refractivity contribution >= 4 is 0 Å². The molecule has 4 nitrogen and oxygen atoms in total. The van der Waals surface area contributed by atoms with Gasteiger partial charge < -0.3 is 18.9 Å². The van der Waals surface area contributed by atoms with Crippen molar-refractivity contribution in [3.63, 3.8) is 0 Å². The zero-order valence-corrected chi connectivity index (χ0v) is 20.9. The molecule has 0 radical (unpaired) electrons. The van der Waals surface area contributed by atoms with Crippen molar-refractivity contribution in [3.05, 3.63) is 72.3 Å². The number of hydrogen-bond donors (Lipinski definition) is 0. The highest BCUT2D eigenvalue weighted by molar-refractivity contribution is 5.66. The Labute approximate surface area is 221 Å². The summed E-state index contributed by atoms with van der Waals surface area (Å²) >= 11 is 0. The average molecular weight is 561 g/mol. The number of rotatable bonds is 8. The van der Waals surface area contributed by atoms with Gasteiger partial charge in [-0.15, -0.1) is 0 Å². The molecule has 0 unspecified atom stereocenters. The molecule has 0 atom stereocenters. The molecule has 1 saturated heterocycles. The van der Waals surface area contributed by atoms with Gasteiger partial charge in [-0.25, -0.2) is 8.78 Å². The lowest BCUT2D eigenvalue weighted by molar-refractivity contribution is -0.244. The van der Waals surface area contributed by atoms with Crippen molar-refractivity contribution in [2.75, 3.05) is 13.2 Å². The molecule has 11 heteroatoms. The Kier molecular flexibility index (Phi) is 9.22. The second-order valence-electron chi connectivity index (χ2n) is 9.52. The second kappa shape index (κ2) is 12.4. The highest BCUT2D eigenvalue weighted by Crippen LogP contribution is 2.42. The van der Waals surface area contributed by atoms with Gasteiger partial charge in [-0.1, -0.05) is 18.2 Å². The van der Waals surface area contributed by atoms with E-state index in [-0.39, 0.29) is 35.8 Å². The fourth-order valence-electron chi connectivity index (χ4n) is 4.84. The van der Waals surface area contributed by atoms with Crippen LogP contribution in [-0.2, 0) is 9.47 Å². The van der Waals surface area contributed by atoms with Gasteiger partial charge in [-0.05, 0) is 62.4 Å². The molecule has 0 bridgehead atoms. The summed E-state index contributed by atoms with van der Waals surface area (Å²) in [5.74, 6) is -4.36. The van der Waals surface area contributed by atoms with Crippen LogP contribution in [-0.4, -0.2) is 25.6 Å². The summed E-state index contributed by atoms with van der Waals surface area (Å²) in [7, 11) is 0. The van der Waals surface area contributed by atoms with Gasteiger partial charge in [0.15, 0.2) is 17.9 Å². The summed E-state index contributed by atoms with van der Waals surface area (Å²) in [5.41, 5.74) is -0.225. The van der Waals surface area contributed by atoms with Crippen LogP contribution < -0.4 is 9.47 Å². The van der Waals surface area contributed by atoms with Gasteiger partial charge in [0.1, 0.15) is 11.6 Å². The van der Waals surface area contributed by atoms with Crippen LogP contribution in [0.3, 0.4) is 0 Å². The van der Waals surface area contributed by atoms with Crippen molar-refractivity contribution in [1.29, 1.82) is 0 Å². The van der Waals surface area contributed by atoms with E-state index in [1.165, 1.54) is 0 Å². The quantitative estimate of drug-likeness (QED) is 0.185. The van der Waals surface area contributed by atoms with E-state index < -0.39 is 53.5 Å². The fourth-order valence-corrected chi connectivity index (χ4v) is 4.84. The van der Waals surface area contributed by atoms with E-state index in [1.807, 2.05) is 19.1 Å². The molecule has 2 fully saturated rings. The minimum absolute atomic E-state index is 0.000953. The third-order valence-corrected chi connectivity index (χ3v) is 6.83. The maximum absolute atomic E-state index is 14.9. The lowest BCUT2D eigenvalue weighted by atomic mass is 9.80. The van der Waals surface area contributed by atoms with Crippen LogP contribution in [0.4, 0.5) is 30.7 Å². The largest absolute Gasteiger partial charge is 0.432 e. The van der Waals surface area contributed by atoms with Crippen LogP contribution >= 0.6 is 0 Å². The van der Waals surface area contributed by atoms with Gasteiger partial charge in [0.2, 0.25) is 0 Å². The molecular weight excluding hydrogens is 533 g/mol. The number of ether oxygens (including phenoxy) is 4. The van der Waals surface area contributed by atoms with Crippen LogP contribution in [0.25, 0.3) is 11.1 Å². The van der Waals surface area contributed by atoms with Crippen molar-refractivity contribution in [3.8, 4) is 22.6 Å². The predicted octanol–water partition coefficient (Wildman–Crippen LogP) is 8.39. The van der Waals surface area contributed by atoms with Crippen molar-refractivity contribution in [2.24, 2.45) is 17.8 Å². The van der Waals surface area contributed by atoms with E-state index in [1.54, 1.807) is 0 Å². The van der Waals surface area contributed by atoms with Crippen molar-refractivity contribution in [2.45, 2.75) is 45.0 Å². The molecular formula is C28H27F7O4. The first-order chi connectivity index (χ1) is 18.6. The lowest BCUT2D eigenvalue weighted by Crippen LogP contribution is -2.41. The third-order valence-electron chi connectivity index (χ3n) is 6.83. The standard InChI is InChI=1S/C28H27F7O4/c1-2-3-16-14-36-27(37-15-16)17-4-7-19(8-5-17)28(34,35)39-20-9-10-21(22(29)13-20)18-6-11-24(23(30)12-18)38-26(33)25(31)32/h2-3,6,9-13,16-17,19,27H,4-5,7-8,14-15H2,1H3. The Hall–Kier alpha value is -3.05. The number of alkyl halides is 2. The first-order valence-corrected chi connectivity index (χ1v) is 12.5. The summed E-state index contributed by atoms with van der Waals surface area (Å²) in [4.78, 5) is 0. The average Bonchev–Trinajstić information content (AvgIpc) is 2.90. The Morgan fingerprint density at radius 1 is 0.923 bits per heavy atom. The van der Waals surface area contributed by atoms with Gasteiger partial charge in [0.25, 0.3) is 0 Å². The minimum atomic E-state index is -3.56. The number of allylic oxidation sites excluding steroid dienone is 1. The Morgan fingerprint density at radius 2 is 1.62 bits per heavy atom. The van der Waals surface area contributed by atoms with E-state index in [2.05, 4.69) is 4.74 Å². The van der Waals surface area contributed by atoms with Crippen LogP contribution in [0.2, 0.25) is 0 Å². The van der Waals surface area contributed by atoms with Crippen LogP contribution in [0.15, 0.2) is 60.6 Å². The smallest absolute Gasteiger partial charge is 0.400 e. The normalized spacial score (nSPS) is 24.0. The third kappa shape index (κ3) is 7.13. The fraction of sp³-hybridized carbons (Fsp3) is 0.429. The van der Waals surface area contributed by atoms with Crippen LogP contribution in [0.5, 0.6) is 11.5 Å².